The summed E-state index contributed by atoms with van der Waals surface area (Å²) in [6, 6.07) is 10.9. The van der Waals surface area contributed by atoms with E-state index in [2.05, 4.69) is 15.3 Å². The zero-order chi connectivity index (χ0) is 18.1. The number of pyridine rings is 1. The molecule has 1 aliphatic heterocycles. The van der Waals surface area contributed by atoms with Crippen LogP contribution in [0.5, 0.6) is 0 Å². The summed E-state index contributed by atoms with van der Waals surface area (Å²) in [5, 5.41) is 2.89. The SMILES string of the molecule is Cn1c(CNC(=O)c2cccc(N3CCCC3=O)c2)nc2cccnc21. The van der Waals surface area contributed by atoms with Gasteiger partial charge in [-0.15, -0.1) is 0 Å². The van der Waals surface area contributed by atoms with Gasteiger partial charge >= 0.3 is 0 Å². The van der Waals surface area contributed by atoms with Gasteiger partial charge in [0.05, 0.1) is 6.54 Å². The molecule has 0 unspecified atom stereocenters. The first kappa shape index (κ1) is 16.3. The Morgan fingerprint density at radius 2 is 2.15 bits per heavy atom. The van der Waals surface area contributed by atoms with E-state index in [0.29, 0.717) is 25.1 Å². The van der Waals surface area contributed by atoms with Gasteiger partial charge in [-0.3, -0.25) is 9.59 Å². The number of fused-ring (bicyclic) bond motifs is 1. The Morgan fingerprint density at radius 1 is 1.27 bits per heavy atom. The molecule has 0 aliphatic carbocycles. The first-order valence-corrected chi connectivity index (χ1v) is 8.58. The van der Waals surface area contributed by atoms with Crippen LogP contribution < -0.4 is 10.2 Å². The number of imidazole rings is 1. The molecule has 1 aliphatic rings. The highest BCUT2D eigenvalue weighted by atomic mass is 16.2. The van der Waals surface area contributed by atoms with E-state index >= 15 is 0 Å². The maximum absolute atomic E-state index is 12.5. The van der Waals surface area contributed by atoms with Gasteiger partial charge in [0, 0.05) is 37.5 Å². The van der Waals surface area contributed by atoms with E-state index in [4.69, 9.17) is 0 Å². The standard InChI is InChI=1S/C19H19N5O2/c1-23-16(22-15-7-3-9-20-18(15)23)12-21-19(26)13-5-2-6-14(11-13)24-10-4-8-17(24)25/h2-3,5-7,9,11H,4,8,10,12H2,1H3,(H,21,26). The topological polar surface area (TPSA) is 80.1 Å². The van der Waals surface area contributed by atoms with Crippen molar-refractivity contribution in [3.63, 3.8) is 0 Å². The lowest BCUT2D eigenvalue weighted by Gasteiger charge is -2.16. The van der Waals surface area contributed by atoms with Crippen LogP contribution in [0, 0.1) is 0 Å². The number of aryl methyl sites for hydroxylation is 1. The third-order valence-electron chi connectivity index (χ3n) is 4.62. The highest BCUT2D eigenvalue weighted by molar-refractivity contribution is 5.99. The van der Waals surface area contributed by atoms with E-state index in [0.717, 1.165) is 29.1 Å². The predicted octanol–water partition coefficient (Wildman–Crippen LogP) is 2.03. The number of hydrogen-bond acceptors (Lipinski definition) is 4. The maximum Gasteiger partial charge on any atom is 0.251 e. The van der Waals surface area contributed by atoms with E-state index in [-0.39, 0.29) is 11.8 Å². The van der Waals surface area contributed by atoms with Gasteiger partial charge in [0.1, 0.15) is 11.3 Å². The zero-order valence-corrected chi connectivity index (χ0v) is 14.5. The normalized spacial score (nSPS) is 14.2. The van der Waals surface area contributed by atoms with Crippen molar-refractivity contribution in [2.75, 3.05) is 11.4 Å². The van der Waals surface area contributed by atoms with E-state index in [1.807, 2.05) is 29.8 Å². The summed E-state index contributed by atoms with van der Waals surface area (Å²) in [5.41, 5.74) is 2.88. The fourth-order valence-corrected chi connectivity index (χ4v) is 3.23. The molecule has 7 heteroatoms. The van der Waals surface area contributed by atoms with Crippen molar-refractivity contribution in [2.45, 2.75) is 19.4 Å². The van der Waals surface area contributed by atoms with Crippen LogP contribution in [0.1, 0.15) is 29.0 Å². The second-order valence-electron chi connectivity index (χ2n) is 6.32. The average Bonchev–Trinajstić information content (AvgIpc) is 3.23. The fraction of sp³-hybridized carbons (Fsp3) is 0.263. The summed E-state index contributed by atoms with van der Waals surface area (Å²) in [6.07, 6.45) is 3.14. The lowest BCUT2D eigenvalue weighted by Crippen LogP contribution is -2.26. The summed E-state index contributed by atoms with van der Waals surface area (Å²) in [7, 11) is 1.88. The molecule has 3 heterocycles. The van der Waals surface area contributed by atoms with Gasteiger partial charge in [-0.05, 0) is 36.8 Å². The van der Waals surface area contributed by atoms with Crippen LogP contribution >= 0.6 is 0 Å². The Labute approximate surface area is 150 Å². The van der Waals surface area contributed by atoms with Crippen LogP contribution in [-0.2, 0) is 18.4 Å². The van der Waals surface area contributed by atoms with Crippen molar-refractivity contribution in [1.82, 2.24) is 19.9 Å². The highest BCUT2D eigenvalue weighted by Crippen LogP contribution is 2.22. The minimum absolute atomic E-state index is 0.106. The third kappa shape index (κ3) is 2.92. The molecule has 0 spiro atoms. The lowest BCUT2D eigenvalue weighted by molar-refractivity contribution is -0.117. The molecule has 0 bridgehead atoms. The summed E-state index contributed by atoms with van der Waals surface area (Å²) < 4.78 is 1.87. The number of carbonyl (C=O) groups is 2. The first-order valence-electron chi connectivity index (χ1n) is 8.58. The van der Waals surface area contributed by atoms with Crippen molar-refractivity contribution in [3.05, 3.63) is 54.0 Å². The Balaban J connectivity index is 1.49. The van der Waals surface area contributed by atoms with E-state index in [9.17, 15) is 9.59 Å². The number of carbonyl (C=O) groups excluding carboxylic acids is 2. The molecular weight excluding hydrogens is 330 g/mol. The number of amides is 2. The Kier molecular flexibility index (Phi) is 4.12. The molecule has 0 saturated carbocycles. The zero-order valence-electron chi connectivity index (χ0n) is 14.5. The number of hydrogen-bond donors (Lipinski definition) is 1. The molecule has 1 saturated heterocycles. The highest BCUT2D eigenvalue weighted by Gasteiger charge is 2.22. The van der Waals surface area contributed by atoms with Crippen LogP contribution in [0.2, 0.25) is 0 Å². The molecule has 132 valence electrons. The second kappa shape index (κ2) is 6.59. The van der Waals surface area contributed by atoms with E-state index in [1.54, 1.807) is 29.3 Å². The van der Waals surface area contributed by atoms with Gasteiger partial charge in [-0.2, -0.15) is 0 Å². The molecule has 2 aromatic heterocycles. The van der Waals surface area contributed by atoms with Gasteiger partial charge in [0.2, 0.25) is 5.91 Å². The van der Waals surface area contributed by atoms with Gasteiger partial charge in [-0.1, -0.05) is 6.07 Å². The largest absolute Gasteiger partial charge is 0.345 e. The minimum Gasteiger partial charge on any atom is -0.345 e. The van der Waals surface area contributed by atoms with Crippen LogP contribution in [-0.4, -0.2) is 32.9 Å². The molecule has 1 fully saturated rings. The fourth-order valence-electron chi connectivity index (χ4n) is 3.23. The molecule has 1 aromatic carbocycles. The number of anilines is 1. The van der Waals surface area contributed by atoms with Crippen molar-refractivity contribution in [3.8, 4) is 0 Å². The Hall–Kier alpha value is -3.22. The predicted molar refractivity (Wildman–Crippen MR) is 97.7 cm³/mol. The van der Waals surface area contributed by atoms with Gasteiger partial charge in [0.25, 0.3) is 5.91 Å². The third-order valence-corrected chi connectivity index (χ3v) is 4.62. The van der Waals surface area contributed by atoms with Crippen molar-refractivity contribution >= 4 is 28.7 Å². The summed E-state index contributed by atoms with van der Waals surface area (Å²) in [6.45, 7) is 1.01. The average molecular weight is 349 g/mol. The smallest absolute Gasteiger partial charge is 0.251 e. The monoisotopic (exact) mass is 349 g/mol. The van der Waals surface area contributed by atoms with Gasteiger partial charge in [-0.25, -0.2) is 9.97 Å². The number of aromatic nitrogens is 3. The van der Waals surface area contributed by atoms with E-state index < -0.39 is 0 Å². The first-order chi connectivity index (χ1) is 12.6. The molecular formula is C19H19N5O2. The summed E-state index contributed by atoms with van der Waals surface area (Å²) in [5.74, 6) is 0.645. The Bertz CT molecular complexity index is 995. The number of rotatable bonds is 4. The van der Waals surface area contributed by atoms with Crippen LogP contribution in [0.25, 0.3) is 11.2 Å². The van der Waals surface area contributed by atoms with Crippen molar-refractivity contribution in [1.29, 1.82) is 0 Å². The number of nitrogens with one attached hydrogen (secondary N) is 1. The van der Waals surface area contributed by atoms with Crippen molar-refractivity contribution in [2.24, 2.45) is 7.05 Å². The Morgan fingerprint density at radius 3 is 2.92 bits per heavy atom. The molecule has 26 heavy (non-hydrogen) atoms. The molecule has 2 amide bonds. The molecule has 7 nitrogen and oxygen atoms in total. The van der Waals surface area contributed by atoms with Gasteiger partial charge < -0.3 is 14.8 Å². The molecule has 1 N–H and O–H groups in total. The molecule has 4 rings (SSSR count). The van der Waals surface area contributed by atoms with Gasteiger partial charge in [0.15, 0.2) is 5.65 Å². The van der Waals surface area contributed by atoms with Crippen LogP contribution in [0.15, 0.2) is 42.6 Å². The summed E-state index contributed by atoms with van der Waals surface area (Å²) in [4.78, 5) is 35.0. The summed E-state index contributed by atoms with van der Waals surface area (Å²) >= 11 is 0. The quantitative estimate of drug-likeness (QED) is 0.781. The maximum atomic E-state index is 12.5. The molecule has 3 aromatic rings. The lowest BCUT2D eigenvalue weighted by atomic mass is 10.1. The minimum atomic E-state index is -0.196. The second-order valence-corrected chi connectivity index (χ2v) is 6.32. The molecule has 0 atom stereocenters. The van der Waals surface area contributed by atoms with Crippen molar-refractivity contribution < 1.29 is 9.59 Å². The molecule has 0 radical (unpaired) electrons. The van der Waals surface area contributed by atoms with Crippen LogP contribution in [0.4, 0.5) is 5.69 Å². The van der Waals surface area contributed by atoms with E-state index in [1.165, 1.54) is 0 Å². The van der Waals surface area contributed by atoms with Crippen LogP contribution in [0.3, 0.4) is 0 Å². The number of nitrogens with zero attached hydrogens (tertiary/aromatic N) is 4. The number of benzene rings is 1.